The van der Waals surface area contributed by atoms with Gasteiger partial charge in [0.15, 0.2) is 5.76 Å². The van der Waals surface area contributed by atoms with Crippen LogP contribution in [0.2, 0.25) is 0 Å². The molecule has 0 unspecified atom stereocenters. The Hall–Kier alpha value is -2.01. The minimum Gasteiger partial charge on any atom is -0.461 e. The predicted molar refractivity (Wildman–Crippen MR) is 72.7 cm³/mol. The van der Waals surface area contributed by atoms with E-state index in [9.17, 15) is 0 Å². The molecule has 0 fully saturated rings. The Morgan fingerprint density at radius 1 is 1.16 bits per heavy atom. The zero-order valence-electron chi connectivity index (χ0n) is 10.4. The molecule has 0 N–H and O–H groups in total. The first-order valence-electron chi connectivity index (χ1n) is 5.87. The topological polar surface area (TPSA) is 52.1 Å². The van der Waals surface area contributed by atoms with Crippen molar-refractivity contribution in [3.05, 3.63) is 54.1 Å². The first kappa shape index (κ1) is 12.0. The van der Waals surface area contributed by atoms with Gasteiger partial charge in [-0.25, -0.2) is 0 Å². The molecule has 0 bridgehead atoms. The Morgan fingerprint density at radius 3 is 2.74 bits per heavy atom. The fourth-order valence-corrected chi connectivity index (χ4v) is 2.33. The van der Waals surface area contributed by atoms with Crippen LogP contribution < -0.4 is 0 Å². The van der Waals surface area contributed by atoms with E-state index in [1.54, 1.807) is 24.1 Å². The van der Waals surface area contributed by atoms with Gasteiger partial charge in [0, 0.05) is 4.90 Å². The van der Waals surface area contributed by atoms with Gasteiger partial charge in [-0.15, -0.1) is 11.8 Å². The normalized spacial score (nSPS) is 10.8. The van der Waals surface area contributed by atoms with Crippen molar-refractivity contribution in [1.29, 1.82) is 0 Å². The zero-order valence-corrected chi connectivity index (χ0v) is 11.2. The van der Waals surface area contributed by atoms with E-state index < -0.39 is 0 Å². The van der Waals surface area contributed by atoms with E-state index in [4.69, 9.17) is 8.94 Å². The van der Waals surface area contributed by atoms with Crippen LogP contribution in [-0.4, -0.2) is 10.1 Å². The Balaban J connectivity index is 1.66. The van der Waals surface area contributed by atoms with E-state index in [-0.39, 0.29) is 0 Å². The van der Waals surface area contributed by atoms with Crippen molar-refractivity contribution in [2.45, 2.75) is 17.6 Å². The quantitative estimate of drug-likeness (QED) is 0.673. The van der Waals surface area contributed by atoms with Gasteiger partial charge in [0.25, 0.3) is 0 Å². The zero-order chi connectivity index (χ0) is 13.1. The number of benzene rings is 1. The maximum absolute atomic E-state index is 5.22. The highest BCUT2D eigenvalue weighted by Crippen LogP contribution is 2.23. The maximum atomic E-state index is 5.22. The number of rotatable bonds is 4. The number of hydrogen-bond acceptors (Lipinski definition) is 5. The standard InChI is InChI=1S/C14H12N2O2S/c1-10-4-6-11(7-5-10)19-9-13-15-14(16-18-13)12-3-2-8-17-12/h2-8H,9H2,1H3. The van der Waals surface area contributed by atoms with Crippen LogP contribution in [0.1, 0.15) is 11.5 Å². The van der Waals surface area contributed by atoms with E-state index in [1.807, 2.05) is 6.07 Å². The lowest BCUT2D eigenvalue weighted by Gasteiger charge is -1.98. The highest BCUT2D eigenvalue weighted by atomic mass is 32.2. The lowest BCUT2D eigenvalue weighted by molar-refractivity contribution is 0.390. The van der Waals surface area contributed by atoms with Gasteiger partial charge in [-0.2, -0.15) is 4.98 Å². The number of thioether (sulfide) groups is 1. The Bertz CT molecular complexity index is 644. The summed E-state index contributed by atoms with van der Waals surface area (Å²) in [5.41, 5.74) is 1.25. The van der Waals surface area contributed by atoms with Crippen molar-refractivity contribution in [1.82, 2.24) is 10.1 Å². The summed E-state index contributed by atoms with van der Waals surface area (Å²) in [6.45, 7) is 2.07. The molecule has 0 aliphatic carbocycles. The predicted octanol–water partition coefficient (Wildman–Crippen LogP) is 3.93. The van der Waals surface area contributed by atoms with Crippen molar-refractivity contribution in [3.63, 3.8) is 0 Å². The Morgan fingerprint density at radius 2 is 2.00 bits per heavy atom. The third-order valence-corrected chi connectivity index (χ3v) is 3.59. The average molecular weight is 272 g/mol. The number of hydrogen-bond donors (Lipinski definition) is 0. The largest absolute Gasteiger partial charge is 0.461 e. The molecule has 19 heavy (non-hydrogen) atoms. The SMILES string of the molecule is Cc1ccc(SCc2nc(-c3ccco3)no2)cc1. The molecule has 3 aromatic rings. The minimum atomic E-state index is 0.490. The highest BCUT2D eigenvalue weighted by molar-refractivity contribution is 7.98. The second-order valence-electron chi connectivity index (χ2n) is 4.09. The molecule has 96 valence electrons. The summed E-state index contributed by atoms with van der Waals surface area (Å²) in [4.78, 5) is 5.48. The molecule has 0 radical (unpaired) electrons. The maximum Gasteiger partial charge on any atom is 0.238 e. The van der Waals surface area contributed by atoms with Gasteiger partial charge in [-0.05, 0) is 31.2 Å². The van der Waals surface area contributed by atoms with Crippen LogP contribution in [-0.2, 0) is 5.75 Å². The third-order valence-electron chi connectivity index (χ3n) is 2.59. The molecule has 0 saturated heterocycles. The average Bonchev–Trinajstić information content (AvgIpc) is 3.09. The summed E-state index contributed by atoms with van der Waals surface area (Å²) in [5.74, 6) is 2.35. The lowest BCUT2D eigenvalue weighted by Crippen LogP contribution is -1.81. The smallest absolute Gasteiger partial charge is 0.238 e. The second kappa shape index (κ2) is 5.32. The van der Waals surface area contributed by atoms with Gasteiger partial charge < -0.3 is 8.94 Å². The molecule has 3 rings (SSSR count). The number of aryl methyl sites for hydroxylation is 1. The van der Waals surface area contributed by atoms with E-state index in [1.165, 1.54) is 10.5 Å². The highest BCUT2D eigenvalue weighted by Gasteiger charge is 2.10. The molecule has 0 aliphatic rings. The van der Waals surface area contributed by atoms with E-state index in [2.05, 4.69) is 41.3 Å². The van der Waals surface area contributed by atoms with Gasteiger partial charge >= 0.3 is 0 Å². The summed E-state index contributed by atoms with van der Waals surface area (Å²) >= 11 is 1.67. The molecule has 0 saturated carbocycles. The summed E-state index contributed by atoms with van der Waals surface area (Å²) in [6.07, 6.45) is 1.59. The van der Waals surface area contributed by atoms with Crippen LogP contribution in [0.15, 0.2) is 56.5 Å². The van der Waals surface area contributed by atoms with Gasteiger partial charge in [-0.1, -0.05) is 22.9 Å². The fraction of sp³-hybridized carbons (Fsp3) is 0.143. The van der Waals surface area contributed by atoms with E-state index in [0.717, 1.165) is 0 Å². The monoisotopic (exact) mass is 272 g/mol. The van der Waals surface area contributed by atoms with Crippen LogP contribution in [0.25, 0.3) is 11.6 Å². The van der Waals surface area contributed by atoms with Crippen molar-refractivity contribution >= 4 is 11.8 Å². The lowest BCUT2D eigenvalue weighted by atomic mass is 10.2. The number of nitrogens with zero attached hydrogens (tertiary/aromatic N) is 2. The molecule has 2 heterocycles. The van der Waals surface area contributed by atoms with Crippen LogP contribution in [0.4, 0.5) is 0 Å². The molecule has 0 atom stereocenters. The summed E-state index contributed by atoms with van der Waals surface area (Å²) < 4.78 is 10.4. The molecule has 2 aromatic heterocycles. The summed E-state index contributed by atoms with van der Waals surface area (Å²) in [6, 6.07) is 12.0. The van der Waals surface area contributed by atoms with Crippen molar-refractivity contribution in [2.24, 2.45) is 0 Å². The Labute approximate surface area is 114 Å². The first-order valence-corrected chi connectivity index (χ1v) is 6.86. The molecule has 0 amide bonds. The van der Waals surface area contributed by atoms with Gasteiger partial charge in [0.2, 0.25) is 11.7 Å². The molecule has 4 nitrogen and oxygen atoms in total. The van der Waals surface area contributed by atoms with Crippen LogP contribution >= 0.6 is 11.8 Å². The Kier molecular flexibility index (Phi) is 3.37. The number of aromatic nitrogens is 2. The molecular weight excluding hydrogens is 260 g/mol. The first-order chi connectivity index (χ1) is 9.31. The molecule has 0 aliphatic heterocycles. The molecule has 0 spiro atoms. The van der Waals surface area contributed by atoms with Crippen molar-refractivity contribution < 1.29 is 8.94 Å². The van der Waals surface area contributed by atoms with E-state index >= 15 is 0 Å². The van der Waals surface area contributed by atoms with Gasteiger partial charge in [0.05, 0.1) is 12.0 Å². The summed E-state index contributed by atoms with van der Waals surface area (Å²) in [7, 11) is 0. The molecule has 5 heteroatoms. The summed E-state index contributed by atoms with van der Waals surface area (Å²) in [5, 5.41) is 3.89. The van der Waals surface area contributed by atoms with Crippen molar-refractivity contribution in [2.75, 3.05) is 0 Å². The minimum absolute atomic E-state index is 0.490. The second-order valence-corrected chi connectivity index (χ2v) is 5.14. The van der Waals surface area contributed by atoms with E-state index in [0.29, 0.717) is 23.2 Å². The van der Waals surface area contributed by atoms with Crippen LogP contribution in [0, 0.1) is 6.92 Å². The third kappa shape index (κ3) is 2.88. The fourth-order valence-electron chi connectivity index (χ4n) is 1.60. The van der Waals surface area contributed by atoms with Crippen LogP contribution in [0.5, 0.6) is 0 Å². The van der Waals surface area contributed by atoms with Crippen LogP contribution in [0.3, 0.4) is 0 Å². The number of furan rings is 1. The molecule has 1 aromatic carbocycles. The van der Waals surface area contributed by atoms with Crippen molar-refractivity contribution in [3.8, 4) is 11.6 Å². The molecular formula is C14H12N2O2S. The van der Waals surface area contributed by atoms with Gasteiger partial charge in [0.1, 0.15) is 0 Å². The van der Waals surface area contributed by atoms with Gasteiger partial charge in [-0.3, -0.25) is 0 Å².